The molecule has 0 saturated carbocycles. The number of aryl methyl sites for hydroxylation is 1. The smallest absolute Gasteiger partial charge is 0.192 e. The zero-order valence-electron chi connectivity index (χ0n) is 16.6. The van der Waals surface area contributed by atoms with E-state index in [2.05, 4.69) is 60.6 Å². The standard InChI is InChI=1S/C22H34O2/c1-8-16-13-18-19(21(5,6)11-10-20(18,3)4)14-17(16)22(7)23-12-9-15(2)24-22/h13-15H,8-12H2,1-7H3/t15-,22+/m0/s1. The molecular weight excluding hydrogens is 296 g/mol. The topological polar surface area (TPSA) is 18.5 Å². The molecule has 0 radical (unpaired) electrons. The lowest BCUT2D eigenvalue weighted by molar-refractivity contribution is -0.289. The van der Waals surface area contributed by atoms with Gasteiger partial charge in [0.15, 0.2) is 5.79 Å². The third kappa shape index (κ3) is 2.93. The number of ether oxygens (including phenoxy) is 2. The molecule has 0 bridgehead atoms. The average Bonchev–Trinajstić information content (AvgIpc) is 2.50. The molecule has 1 aromatic rings. The monoisotopic (exact) mass is 330 g/mol. The van der Waals surface area contributed by atoms with Crippen LogP contribution in [-0.2, 0) is 32.5 Å². The Morgan fingerprint density at radius 1 is 0.958 bits per heavy atom. The van der Waals surface area contributed by atoms with E-state index in [9.17, 15) is 0 Å². The van der Waals surface area contributed by atoms with Crippen LogP contribution < -0.4 is 0 Å². The van der Waals surface area contributed by atoms with Crippen LogP contribution in [0.5, 0.6) is 0 Å². The van der Waals surface area contributed by atoms with E-state index < -0.39 is 5.79 Å². The van der Waals surface area contributed by atoms with Crippen LogP contribution in [0.1, 0.15) is 90.0 Å². The highest BCUT2D eigenvalue weighted by Crippen LogP contribution is 2.48. The van der Waals surface area contributed by atoms with Crippen LogP contribution in [0.25, 0.3) is 0 Å². The highest BCUT2D eigenvalue weighted by Gasteiger charge is 2.41. The van der Waals surface area contributed by atoms with E-state index in [0.29, 0.717) is 0 Å². The molecule has 0 spiro atoms. The average molecular weight is 331 g/mol. The first kappa shape index (κ1) is 17.9. The Labute approximate surface area is 147 Å². The van der Waals surface area contributed by atoms with Crippen molar-refractivity contribution in [3.05, 3.63) is 34.4 Å². The van der Waals surface area contributed by atoms with E-state index in [-0.39, 0.29) is 16.9 Å². The van der Waals surface area contributed by atoms with Gasteiger partial charge in [-0.25, -0.2) is 0 Å². The Bertz CT molecular complexity index is 629. The Morgan fingerprint density at radius 2 is 1.54 bits per heavy atom. The minimum absolute atomic E-state index is 0.211. The predicted molar refractivity (Wildman–Crippen MR) is 99.6 cm³/mol. The number of rotatable bonds is 2. The Balaban J connectivity index is 2.18. The van der Waals surface area contributed by atoms with Gasteiger partial charge in [0.25, 0.3) is 0 Å². The van der Waals surface area contributed by atoms with E-state index in [4.69, 9.17) is 9.47 Å². The second kappa shape index (κ2) is 5.85. The molecule has 1 fully saturated rings. The van der Waals surface area contributed by atoms with Gasteiger partial charge in [-0.05, 0) is 73.1 Å². The molecule has 24 heavy (non-hydrogen) atoms. The van der Waals surface area contributed by atoms with E-state index in [1.807, 2.05) is 0 Å². The highest BCUT2D eigenvalue weighted by molar-refractivity contribution is 5.48. The maximum absolute atomic E-state index is 6.29. The van der Waals surface area contributed by atoms with Crippen LogP contribution in [0.15, 0.2) is 12.1 Å². The van der Waals surface area contributed by atoms with E-state index in [1.54, 1.807) is 0 Å². The van der Waals surface area contributed by atoms with Gasteiger partial charge in [0.2, 0.25) is 0 Å². The lowest BCUT2D eigenvalue weighted by Gasteiger charge is -2.44. The maximum Gasteiger partial charge on any atom is 0.192 e. The van der Waals surface area contributed by atoms with Gasteiger partial charge in [-0.3, -0.25) is 0 Å². The lowest BCUT2D eigenvalue weighted by Crippen LogP contribution is -2.41. The molecule has 2 aliphatic rings. The Kier molecular flexibility index (Phi) is 4.37. The van der Waals surface area contributed by atoms with E-state index >= 15 is 0 Å². The van der Waals surface area contributed by atoms with E-state index in [0.717, 1.165) is 19.4 Å². The van der Waals surface area contributed by atoms with Crippen molar-refractivity contribution >= 4 is 0 Å². The third-order valence-electron chi connectivity index (χ3n) is 6.27. The fourth-order valence-corrected chi connectivity index (χ4v) is 4.41. The van der Waals surface area contributed by atoms with Crippen molar-refractivity contribution in [2.45, 2.75) is 96.9 Å². The summed E-state index contributed by atoms with van der Waals surface area (Å²) in [5, 5.41) is 0. The van der Waals surface area contributed by atoms with Gasteiger partial charge >= 0.3 is 0 Å². The molecule has 2 atom stereocenters. The van der Waals surface area contributed by atoms with Crippen LogP contribution in [0.4, 0.5) is 0 Å². The number of hydrogen-bond acceptors (Lipinski definition) is 2. The summed E-state index contributed by atoms with van der Waals surface area (Å²) >= 11 is 0. The molecular formula is C22H34O2. The van der Waals surface area contributed by atoms with Crippen LogP contribution in [0.3, 0.4) is 0 Å². The minimum atomic E-state index is -0.615. The summed E-state index contributed by atoms with van der Waals surface area (Å²) in [7, 11) is 0. The van der Waals surface area contributed by atoms with Gasteiger partial charge in [0.05, 0.1) is 12.7 Å². The van der Waals surface area contributed by atoms with Gasteiger partial charge in [-0.15, -0.1) is 0 Å². The summed E-state index contributed by atoms with van der Waals surface area (Å²) in [6.07, 6.45) is 4.70. The molecule has 3 rings (SSSR count). The molecule has 1 aliphatic carbocycles. The summed E-state index contributed by atoms with van der Waals surface area (Å²) in [6.45, 7) is 16.8. The van der Waals surface area contributed by atoms with Crippen LogP contribution in [-0.4, -0.2) is 12.7 Å². The summed E-state index contributed by atoms with van der Waals surface area (Å²) in [4.78, 5) is 0. The van der Waals surface area contributed by atoms with Gasteiger partial charge < -0.3 is 9.47 Å². The summed E-state index contributed by atoms with van der Waals surface area (Å²) in [5.74, 6) is -0.615. The van der Waals surface area contributed by atoms with Crippen molar-refractivity contribution in [3.63, 3.8) is 0 Å². The second-order valence-electron chi connectivity index (χ2n) is 9.19. The molecule has 0 amide bonds. The predicted octanol–water partition coefficient (Wildman–Crippen LogP) is 5.60. The molecule has 1 aliphatic heterocycles. The molecule has 1 saturated heterocycles. The molecule has 1 aromatic carbocycles. The quantitative estimate of drug-likeness (QED) is 0.703. The van der Waals surface area contributed by atoms with Crippen molar-refractivity contribution in [1.29, 1.82) is 0 Å². The molecule has 1 heterocycles. The molecule has 2 nitrogen and oxygen atoms in total. The van der Waals surface area contributed by atoms with Crippen LogP contribution in [0, 0.1) is 0 Å². The number of hydrogen-bond donors (Lipinski definition) is 0. The summed E-state index contributed by atoms with van der Waals surface area (Å²) in [6, 6.07) is 4.86. The third-order valence-corrected chi connectivity index (χ3v) is 6.27. The number of fused-ring (bicyclic) bond motifs is 1. The largest absolute Gasteiger partial charge is 0.346 e. The van der Waals surface area contributed by atoms with Crippen molar-refractivity contribution in [1.82, 2.24) is 0 Å². The Morgan fingerprint density at radius 3 is 2.08 bits per heavy atom. The maximum atomic E-state index is 6.29. The zero-order chi connectivity index (χ0) is 17.8. The van der Waals surface area contributed by atoms with Gasteiger partial charge in [0, 0.05) is 5.56 Å². The summed E-state index contributed by atoms with van der Waals surface area (Å²) < 4.78 is 12.4. The van der Waals surface area contributed by atoms with Crippen LogP contribution >= 0.6 is 0 Å². The van der Waals surface area contributed by atoms with Crippen molar-refractivity contribution < 1.29 is 9.47 Å². The first-order chi connectivity index (χ1) is 11.1. The van der Waals surface area contributed by atoms with E-state index in [1.165, 1.54) is 35.1 Å². The second-order valence-corrected chi connectivity index (χ2v) is 9.19. The normalized spacial score (nSPS) is 31.5. The molecule has 134 valence electrons. The summed E-state index contributed by atoms with van der Waals surface area (Å²) in [5.41, 5.74) is 6.07. The molecule has 0 N–H and O–H groups in total. The molecule has 0 unspecified atom stereocenters. The molecule has 0 aromatic heterocycles. The van der Waals surface area contributed by atoms with Gasteiger partial charge in [-0.2, -0.15) is 0 Å². The first-order valence-corrected chi connectivity index (χ1v) is 9.59. The van der Waals surface area contributed by atoms with Gasteiger partial charge in [-0.1, -0.05) is 40.7 Å². The van der Waals surface area contributed by atoms with Crippen molar-refractivity contribution in [2.75, 3.05) is 6.61 Å². The molecule has 2 heteroatoms. The minimum Gasteiger partial charge on any atom is -0.346 e. The fourth-order valence-electron chi connectivity index (χ4n) is 4.41. The fraction of sp³-hybridized carbons (Fsp3) is 0.727. The Hall–Kier alpha value is -0.860. The van der Waals surface area contributed by atoms with Crippen molar-refractivity contribution in [3.8, 4) is 0 Å². The van der Waals surface area contributed by atoms with Crippen molar-refractivity contribution in [2.24, 2.45) is 0 Å². The van der Waals surface area contributed by atoms with Gasteiger partial charge in [0.1, 0.15) is 0 Å². The lowest BCUT2D eigenvalue weighted by atomic mass is 9.62. The highest BCUT2D eigenvalue weighted by atomic mass is 16.7. The van der Waals surface area contributed by atoms with Crippen LogP contribution in [0.2, 0.25) is 0 Å². The SMILES string of the molecule is CCc1cc2c(cc1[C@]1(C)OCC[C@H](C)O1)C(C)(C)CCC2(C)C. The number of benzene rings is 1. The first-order valence-electron chi connectivity index (χ1n) is 9.59. The zero-order valence-corrected chi connectivity index (χ0v) is 16.6.